The molecule has 1 heterocycles. The summed E-state index contributed by atoms with van der Waals surface area (Å²) < 4.78 is 27.4. The van der Waals surface area contributed by atoms with Crippen LogP contribution >= 0.6 is 0 Å². The van der Waals surface area contributed by atoms with E-state index in [-0.39, 0.29) is 17.0 Å². The molecule has 2 unspecified atom stereocenters. The maximum atomic E-state index is 12.3. The van der Waals surface area contributed by atoms with Gasteiger partial charge in [0.2, 0.25) is 10.0 Å². The highest BCUT2D eigenvalue weighted by molar-refractivity contribution is 7.89. The molecule has 0 aliphatic carbocycles. The van der Waals surface area contributed by atoms with E-state index in [1.165, 1.54) is 0 Å². The minimum Gasteiger partial charge on any atom is -0.324 e. The number of hydrogen-bond donors (Lipinski definition) is 2. The molecule has 0 aromatic heterocycles. The number of rotatable bonds is 4. The van der Waals surface area contributed by atoms with Crippen molar-refractivity contribution in [3.8, 4) is 0 Å². The van der Waals surface area contributed by atoms with Gasteiger partial charge in [0.25, 0.3) is 0 Å². The Kier molecular flexibility index (Phi) is 4.25. The molecule has 1 aliphatic heterocycles. The Morgan fingerprint density at radius 2 is 2.21 bits per heavy atom. The third-order valence-electron chi connectivity index (χ3n) is 3.41. The number of nitrogens with one attached hydrogen (secondary N) is 1. The lowest BCUT2D eigenvalue weighted by Crippen LogP contribution is -2.36. The predicted octanol–water partition coefficient (Wildman–Crippen LogP) is 0.689. The summed E-state index contributed by atoms with van der Waals surface area (Å²) in [6, 6.07) is 6.64. The van der Waals surface area contributed by atoms with Crippen LogP contribution in [0.5, 0.6) is 0 Å². The van der Waals surface area contributed by atoms with Crippen LogP contribution in [0.4, 0.5) is 0 Å². The standard InChI is InChI=1S/C13H21N3O2S/c1-10(14)11-4-3-5-13(8-11)19(17,18)15-12-6-7-16(2)9-12/h3-5,8,10,12,15H,6-7,9,14H2,1-2H3. The third-order valence-corrected chi connectivity index (χ3v) is 4.93. The van der Waals surface area contributed by atoms with Gasteiger partial charge >= 0.3 is 0 Å². The molecule has 19 heavy (non-hydrogen) atoms. The Balaban J connectivity index is 2.17. The van der Waals surface area contributed by atoms with Crippen molar-refractivity contribution in [3.05, 3.63) is 29.8 Å². The van der Waals surface area contributed by atoms with Crippen LogP contribution < -0.4 is 10.5 Å². The van der Waals surface area contributed by atoms with E-state index in [1.807, 2.05) is 20.0 Å². The number of benzene rings is 1. The summed E-state index contributed by atoms with van der Waals surface area (Å²) in [6.07, 6.45) is 0.850. The molecule has 5 nitrogen and oxygen atoms in total. The molecule has 2 rings (SSSR count). The maximum Gasteiger partial charge on any atom is 0.240 e. The molecule has 2 atom stereocenters. The van der Waals surface area contributed by atoms with Crippen molar-refractivity contribution in [1.29, 1.82) is 0 Å². The number of nitrogens with two attached hydrogens (primary N) is 1. The van der Waals surface area contributed by atoms with Gasteiger partial charge in [0.05, 0.1) is 4.90 Å². The number of likely N-dealkylation sites (N-methyl/N-ethyl adjacent to an activating group) is 1. The fraction of sp³-hybridized carbons (Fsp3) is 0.538. The van der Waals surface area contributed by atoms with Crippen molar-refractivity contribution in [3.63, 3.8) is 0 Å². The summed E-state index contributed by atoms with van der Waals surface area (Å²) in [7, 11) is -1.46. The first-order chi connectivity index (χ1) is 8.88. The maximum absolute atomic E-state index is 12.3. The fourth-order valence-corrected chi connectivity index (χ4v) is 3.60. The average Bonchev–Trinajstić information content (AvgIpc) is 2.74. The highest BCUT2D eigenvalue weighted by atomic mass is 32.2. The molecule has 1 aliphatic rings. The van der Waals surface area contributed by atoms with E-state index >= 15 is 0 Å². The van der Waals surface area contributed by atoms with Crippen LogP contribution in [0.25, 0.3) is 0 Å². The molecular formula is C13H21N3O2S. The van der Waals surface area contributed by atoms with E-state index in [1.54, 1.807) is 18.2 Å². The zero-order valence-corrected chi connectivity index (χ0v) is 12.2. The Hall–Kier alpha value is -0.950. The second-order valence-electron chi connectivity index (χ2n) is 5.23. The van der Waals surface area contributed by atoms with Crippen LogP contribution in [-0.2, 0) is 10.0 Å². The van der Waals surface area contributed by atoms with Crippen LogP contribution in [-0.4, -0.2) is 39.5 Å². The summed E-state index contributed by atoms with van der Waals surface area (Å²) in [5.41, 5.74) is 6.61. The molecule has 1 aromatic rings. The van der Waals surface area contributed by atoms with Gasteiger partial charge in [0.15, 0.2) is 0 Å². The third kappa shape index (κ3) is 3.54. The first-order valence-corrected chi connectivity index (χ1v) is 7.93. The number of nitrogens with zero attached hydrogens (tertiary/aromatic N) is 1. The summed E-state index contributed by atoms with van der Waals surface area (Å²) >= 11 is 0. The van der Waals surface area contributed by atoms with Gasteiger partial charge in [-0.15, -0.1) is 0 Å². The lowest BCUT2D eigenvalue weighted by molar-refractivity contribution is 0.407. The molecule has 0 saturated carbocycles. The van der Waals surface area contributed by atoms with Crippen molar-refractivity contribution in [1.82, 2.24) is 9.62 Å². The second-order valence-corrected chi connectivity index (χ2v) is 6.94. The lowest BCUT2D eigenvalue weighted by Gasteiger charge is -2.14. The normalized spacial score (nSPS) is 22.6. The fourth-order valence-electron chi connectivity index (χ4n) is 2.28. The first kappa shape index (κ1) is 14.5. The molecular weight excluding hydrogens is 262 g/mol. The van der Waals surface area contributed by atoms with E-state index in [9.17, 15) is 8.42 Å². The van der Waals surface area contributed by atoms with Gasteiger partial charge in [-0.3, -0.25) is 0 Å². The molecule has 0 bridgehead atoms. The van der Waals surface area contributed by atoms with Crippen LogP contribution in [0.2, 0.25) is 0 Å². The summed E-state index contributed by atoms with van der Waals surface area (Å²) in [5.74, 6) is 0. The van der Waals surface area contributed by atoms with E-state index in [0.29, 0.717) is 0 Å². The average molecular weight is 283 g/mol. The molecule has 106 valence electrons. The van der Waals surface area contributed by atoms with Gasteiger partial charge in [-0.1, -0.05) is 12.1 Å². The van der Waals surface area contributed by atoms with Crippen LogP contribution in [0.3, 0.4) is 0 Å². The SMILES string of the molecule is CC(N)c1cccc(S(=O)(=O)NC2CCN(C)C2)c1. The van der Waals surface area contributed by atoms with E-state index < -0.39 is 10.0 Å². The van der Waals surface area contributed by atoms with Crippen molar-refractivity contribution in [2.75, 3.05) is 20.1 Å². The Morgan fingerprint density at radius 1 is 1.47 bits per heavy atom. The van der Waals surface area contributed by atoms with Gasteiger partial charge in [0.1, 0.15) is 0 Å². The van der Waals surface area contributed by atoms with Crippen LogP contribution in [0.1, 0.15) is 24.9 Å². The summed E-state index contributed by atoms with van der Waals surface area (Å²) in [4.78, 5) is 2.41. The lowest BCUT2D eigenvalue weighted by atomic mass is 10.1. The van der Waals surface area contributed by atoms with E-state index in [2.05, 4.69) is 9.62 Å². The number of likely N-dealkylation sites (tertiary alicyclic amines) is 1. The van der Waals surface area contributed by atoms with Gasteiger partial charge in [-0.05, 0) is 44.6 Å². The zero-order valence-electron chi connectivity index (χ0n) is 11.3. The zero-order chi connectivity index (χ0) is 14.0. The smallest absolute Gasteiger partial charge is 0.240 e. The van der Waals surface area contributed by atoms with Crippen molar-refractivity contribution >= 4 is 10.0 Å². The Labute approximate surface area is 114 Å². The van der Waals surface area contributed by atoms with Crippen molar-refractivity contribution < 1.29 is 8.42 Å². The molecule has 1 aromatic carbocycles. The topological polar surface area (TPSA) is 75.4 Å². The second kappa shape index (κ2) is 5.58. The molecule has 3 N–H and O–H groups in total. The van der Waals surface area contributed by atoms with Gasteiger partial charge in [-0.25, -0.2) is 13.1 Å². The largest absolute Gasteiger partial charge is 0.324 e. The van der Waals surface area contributed by atoms with Crippen molar-refractivity contribution in [2.24, 2.45) is 5.73 Å². The number of sulfonamides is 1. The number of hydrogen-bond acceptors (Lipinski definition) is 4. The Morgan fingerprint density at radius 3 is 2.79 bits per heavy atom. The quantitative estimate of drug-likeness (QED) is 0.852. The molecule has 6 heteroatoms. The molecule has 0 radical (unpaired) electrons. The van der Waals surface area contributed by atoms with Crippen molar-refractivity contribution in [2.45, 2.75) is 30.3 Å². The summed E-state index contributed by atoms with van der Waals surface area (Å²) in [5, 5.41) is 0. The Bertz CT molecular complexity index is 543. The molecule has 0 spiro atoms. The minimum absolute atomic E-state index is 0.00560. The summed E-state index contributed by atoms with van der Waals surface area (Å²) in [6.45, 7) is 3.52. The van der Waals surface area contributed by atoms with Crippen LogP contribution in [0, 0.1) is 0 Å². The molecule has 1 fully saturated rings. The van der Waals surface area contributed by atoms with Crippen LogP contribution in [0.15, 0.2) is 29.2 Å². The van der Waals surface area contributed by atoms with E-state index in [4.69, 9.17) is 5.73 Å². The van der Waals surface area contributed by atoms with Gasteiger partial charge in [-0.2, -0.15) is 0 Å². The molecule has 0 amide bonds. The highest BCUT2D eigenvalue weighted by Crippen LogP contribution is 2.17. The van der Waals surface area contributed by atoms with E-state index in [0.717, 1.165) is 25.1 Å². The highest BCUT2D eigenvalue weighted by Gasteiger charge is 2.25. The van der Waals surface area contributed by atoms with Gasteiger partial charge in [0, 0.05) is 18.6 Å². The minimum atomic E-state index is -3.46. The first-order valence-electron chi connectivity index (χ1n) is 6.45. The molecule has 1 saturated heterocycles. The van der Waals surface area contributed by atoms with Gasteiger partial charge < -0.3 is 10.6 Å². The monoisotopic (exact) mass is 283 g/mol. The predicted molar refractivity (Wildman–Crippen MR) is 75.3 cm³/mol.